The van der Waals surface area contributed by atoms with Crippen LogP contribution in [0.5, 0.6) is 0 Å². The number of aromatic nitrogens is 4. The van der Waals surface area contributed by atoms with E-state index in [1.54, 1.807) is 7.05 Å². The molecule has 2 aromatic heterocycles. The average molecular weight is 404 g/mol. The zero-order chi connectivity index (χ0) is 19.8. The Kier molecular flexibility index (Phi) is 5.09. The summed E-state index contributed by atoms with van der Waals surface area (Å²) in [6.45, 7) is 3.91. The number of hydrogen-bond acceptors (Lipinski definition) is 5. The predicted molar refractivity (Wildman–Crippen MR) is 107 cm³/mol. The maximum absolute atomic E-state index is 12.9. The Morgan fingerprint density at radius 3 is 2.50 bits per heavy atom. The van der Waals surface area contributed by atoms with E-state index in [-0.39, 0.29) is 5.56 Å². The van der Waals surface area contributed by atoms with Crippen LogP contribution in [0.3, 0.4) is 0 Å². The molecule has 148 valence electrons. The molecular formula is C19H22ClN5O3. The molecule has 0 unspecified atom stereocenters. The highest BCUT2D eigenvalue weighted by Gasteiger charge is 2.22. The molecule has 3 aromatic rings. The minimum Gasteiger partial charge on any atom is -0.379 e. The smallest absolute Gasteiger partial charge is 0.332 e. The summed E-state index contributed by atoms with van der Waals surface area (Å²) in [6, 6.07) is 7.54. The summed E-state index contributed by atoms with van der Waals surface area (Å²) >= 11 is 6.36. The molecule has 1 aromatic carbocycles. The second kappa shape index (κ2) is 7.54. The van der Waals surface area contributed by atoms with E-state index in [2.05, 4.69) is 9.88 Å². The van der Waals surface area contributed by atoms with Crippen LogP contribution in [0, 0.1) is 0 Å². The van der Waals surface area contributed by atoms with Crippen molar-refractivity contribution in [2.24, 2.45) is 14.1 Å². The molecular weight excluding hydrogens is 382 g/mol. The number of fused-ring (bicyclic) bond motifs is 1. The van der Waals surface area contributed by atoms with Crippen molar-refractivity contribution in [1.82, 2.24) is 23.6 Å². The maximum atomic E-state index is 12.9. The standard InChI is InChI=1S/C19H22ClN5O3/c1-22-17-16(18(26)23(2)19(22)27)25(11-13-5-3-4-6-14(13)20)15(21-17)12-24-7-9-28-10-8-24/h3-6H,7-12H2,1-2H3. The van der Waals surface area contributed by atoms with E-state index in [0.29, 0.717) is 42.5 Å². The molecule has 8 nitrogen and oxygen atoms in total. The second-order valence-corrected chi connectivity index (χ2v) is 7.38. The zero-order valence-electron chi connectivity index (χ0n) is 15.9. The largest absolute Gasteiger partial charge is 0.379 e. The molecule has 1 fully saturated rings. The third kappa shape index (κ3) is 3.28. The average Bonchev–Trinajstić information content (AvgIpc) is 3.05. The van der Waals surface area contributed by atoms with Gasteiger partial charge in [0, 0.05) is 32.2 Å². The highest BCUT2D eigenvalue weighted by atomic mass is 35.5. The summed E-state index contributed by atoms with van der Waals surface area (Å²) in [7, 11) is 3.12. The van der Waals surface area contributed by atoms with E-state index < -0.39 is 5.69 Å². The van der Waals surface area contributed by atoms with Crippen LogP contribution < -0.4 is 11.2 Å². The summed E-state index contributed by atoms with van der Waals surface area (Å²) in [5.74, 6) is 0.732. The van der Waals surface area contributed by atoms with Gasteiger partial charge in [0.05, 0.1) is 26.3 Å². The molecule has 1 saturated heterocycles. The van der Waals surface area contributed by atoms with Gasteiger partial charge in [0.25, 0.3) is 5.56 Å². The van der Waals surface area contributed by atoms with E-state index in [1.165, 1.54) is 11.6 Å². The maximum Gasteiger partial charge on any atom is 0.332 e. The van der Waals surface area contributed by atoms with Crippen LogP contribution in [0.1, 0.15) is 11.4 Å². The van der Waals surface area contributed by atoms with Crippen molar-refractivity contribution in [2.45, 2.75) is 13.1 Å². The lowest BCUT2D eigenvalue weighted by Crippen LogP contribution is -2.38. The lowest BCUT2D eigenvalue weighted by Gasteiger charge is -2.26. The lowest BCUT2D eigenvalue weighted by molar-refractivity contribution is 0.0327. The second-order valence-electron chi connectivity index (χ2n) is 6.97. The molecule has 0 aliphatic carbocycles. The van der Waals surface area contributed by atoms with E-state index in [0.717, 1.165) is 29.0 Å². The van der Waals surface area contributed by atoms with E-state index in [9.17, 15) is 9.59 Å². The van der Waals surface area contributed by atoms with Gasteiger partial charge in [-0.2, -0.15) is 0 Å². The topological polar surface area (TPSA) is 74.3 Å². The molecule has 0 saturated carbocycles. The van der Waals surface area contributed by atoms with Gasteiger partial charge in [0.15, 0.2) is 11.2 Å². The van der Waals surface area contributed by atoms with E-state index >= 15 is 0 Å². The Morgan fingerprint density at radius 1 is 1.07 bits per heavy atom. The van der Waals surface area contributed by atoms with Gasteiger partial charge in [0.1, 0.15) is 5.82 Å². The molecule has 9 heteroatoms. The van der Waals surface area contributed by atoms with Crippen molar-refractivity contribution >= 4 is 22.8 Å². The first-order valence-corrected chi connectivity index (χ1v) is 9.54. The van der Waals surface area contributed by atoms with Crippen LogP contribution in [0.25, 0.3) is 11.2 Å². The van der Waals surface area contributed by atoms with Crippen molar-refractivity contribution in [1.29, 1.82) is 0 Å². The first-order chi connectivity index (χ1) is 13.5. The van der Waals surface area contributed by atoms with Gasteiger partial charge in [0.2, 0.25) is 0 Å². The van der Waals surface area contributed by atoms with Crippen molar-refractivity contribution in [3.63, 3.8) is 0 Å². The number of imidazole rings is 1. The number of benzene rings is 1. The van der Waals surface area contributed by atoms with Crippen LogP contribution in [-0.4, -0.2) is 49.9 Å². The number of halogens is 1. The van der Waals surface area contributed by atoms with Gasteiger partial charge in [-0.25, -0.2) is 9.78 Å². The first-order valence-electron chi connectivity index (χ1n) is 9.16. The molecule has 0 spiro atoms. The summed E-state index contributed by atoms with van der Waals surface area (Å²) in [4.78, 5) is 32.2. The van der Waals surface area contributed by atoms with Crippen LogP contribution in [0.4, 0.5) is 0 Å². The van der Waals surface area contributed by atoms with E-state index in [1.807, 2.05) is 28.8 Å². The fraction of sp³-hybridized carbons (Fsp3) is 0.421. The van der Waals surface area contributed by atoms with Gasteiger partial charge < -0.3 is 9.30 Å². The predicted octanol–water partition coefficient (Wildman–Crippen LogP) is 0.968. The number of aryl methyl sites for hydroxylation is 1. The highest BCUT2D eigenvalue weighted by Crippen LogP contribution is 2.20. The summed E-state index contributed by atoms with van der Waals surface area (Å²) in [6.07, 6.45) is 0. The van der Waals surface area contributed by atoms with Gasteiger partial charge >= 0.3 is 5.69 Å². The number of morpholine rings is 1. The van der Waals surface area contributed by atoms with Crippen molar-refractivity contribution in [3.05, 3.63) is 61.5 Å². The Labute approximate surface area is 166 Å². The molecule has 4 rings (SSSR count). The molecule has 0 N–H and O–H groups in total. The number of rotatable bonds is 4. The van der Waals surface area contributed by atoms with E-state index in [4.69, 9.17) is 16.3 Å². The quantitative estimate of drug-likeness (QED) is 0.649. The highest BCUT2D eigenvalue weighted by molar-refractivity contribution is 6.31. The molecule has 0 atom stereocenters. The normalized spacial score (nSPS) is 15.4. The van der Waals surface area contributed by atoms with Crippen molar-refractivity contribution < 1.29 is 4.74 Å². The van der Waals surface area contributed by atoms with Crippen molar-refractivity contribution in [3.8, 4) is 0 Å². The van der Waals surface area contributed by atoms with Gasteiger partial charge in [-0.15, -0.1) is 0 Å². The first kappa shape index (κ1) is 18.9. The number of nitrogens with zero attached hydrogens (tertiary/aromatic N) is 5. The number of hydrogen-bond donors (Lipinski definition) is 0. The van der Waals surface area contributed by atoms with Crippen LogP contribution >= 0.6 is 11.6 Å². The Hall–Kier alpha value is -2.42. The number of ether oxygens (including phenoxy) is 1. The molecule has 3 heterocycles. The third-order valence-corrected chi connectivity index (χ3v) is 5.55. The molecule has 0 bridgehead atoms. The van der Waals surface area contributed by atoms with Gasteiger partial charge in [-0.3, -0.25) is 18.8 Å². The van der Waals surface area contributed by atoms with Gasteiger partial charge in [-0.1, -0.05) is 29.8 Å². The van der Waals surface area contributed by atoms with Gasteiger partial charge in [-0.05, 0) is 11.6 Å². The fourth-order valence-electron chi connectivity index (χ4n) is 3.54. The summed E-state index contributed by atoms with van der Waals surface area (Å²) < 4.78 is 9.84. The van der Waals surface area contributed by atoms with Crippen LogP contribution in [0.15, 0.2) is 33.9 Å². The summed E-state index contributed by atoms with van der Waals surface area (Å²) in [5, 5.41) is 0.628. The minimum absolute atomic E-state index is 0.356. The lowest BCUT2D eigenvalue weighted by atomic mass is 10.2. The zero-order valence-corrected chi connectivity index (χ0v) is 16.6. The Bertz CT molecular complexity index is 1140. The molecule has 0 amide bonds. The molecule has 1 aliphatic heterocycles. The Balaban J connectivity index is 1.90. The van der Waals surface area contributed by atoms with Crippen molar-refractivity contribution in [2.75, 3.05) is 26.3 Å². The summed E-state index contributed by atoms with van der Waals surface area (Å²) in [5.41, 5.74) is 0.947. The molecule has 1 aliphatic rings. The van der Waals surface area contributed by atoms with Crippen LogP contribution in [0.2, 0.25) is 5.02 Å². The fourth-order valence-corrected chi connectivity index (χ4v) is 3.73. The monoisotopic (exact) mass is 403 g/mol. The Morgan fingerprint density at radius 2 is 1.79 bits per heavy atom. The van der Waals surface area contributed by atoms with Crippen LogP contribution in [-0.2, 0) is 31.9 Å². The third-order valence-electron chi connectivity index (χ3n) is 5.18. The SMILES string of the molecule is Cn1c(=O)c2c(nc(CN3CCOCC3)n2Cc2ccccc2Cl)n(C)c1=O. The molecule has 28 heavy (non-hydrogen) atoms. The molecule has 0 radical (unpaired) electrons. The minimum atomic E-state index is -0.391.